The predicted molar refractivity (Wildman–Crippen MR) is 107 cm³/mol. The maximum absolute atomic E-state index is 11.7. The number of nitrogens with zero attached hydrogens (tertiary/aromatic N) is 3. The summed E-state index contributed by atoms with van der Waals surface area (Å²) >= 11 is 0. The molecule has 0 radical (unpaired) electrons. The van der Waals surface area contributed by atoms with Crippen molar-refractivity contribution in [2.45, 2.75) is 12.5 Å². The summed E-state index contributed by atoms with van der Waals surface area (Å²) in [4.78, 5) is 25.6. The highest BCUT2D eigenvalue weighted by Crippen LogP contribution is 2.24. The number of hydrogen-bond acceptors (Lipinski definition) is 7. The van der Waals surface area contributed by atoms with E-state index in [0.29, 0.717) is 12.2 Å². The van der Waals surface area contributed by atoms with Crippen molar-refractivity contribution in [3.63, 3.8) is 0 Å². The van der Waals surface area contributed by atoms with Crippen molar-refractivity contribution in [2.75, 3.05) is 13.2 Å². The lowest BCUT2D eigenvalue weighted by atomic mass is 10.1. The largest absolute Gasteiger partial charge is 0.482 e. The van der Waals surface area contributed by atoms with Crippen LogP contribution in [0.4, 0.5) is 0 Å². The monoisotopic (exact) mass is 391 g/mol. The highest BCUT2D eigenvalue weighted by Gasteiger charge is 2.15. The lowest BCUT2D eigenvalue weighted by Crippen LogP contribution is -2.15. The first-order valence-electron chi connectivity index (χ1n) is 9.14. The molecule has 0 N–H and O–H groups in total. The minimum Gasteiger partial charge on any atom is -0.482 e. The first kappa shape index (κ1) is 20.0. The van der Waals surface area contributed by atoms with Gasteiger partial charge in [0.1, 0.15) is 5.75 Å². The van der Waals surface area contributed by atoms with Crippen molar-refractivity contribution < 1.29 is 19.1 Å². The number of para-hydroxylation sites is 1. The second-order valence-electron chi connectivity index (χ2n) is 5.96. The summed E-state index contributed by atoms with van der Waals surface area (Å²) in [6, 6.07) is 16.6. The van der Waals surface area contributed by atoms with Crippen LogP contribution in [0.3, 0.4) is 0 Å². The number of oxime groups is 1. The molecule has 0 saturated carbocycles. The van der Waals surface area contributed by atoms with Crippen LogP contribution >= 0.6 is 0 Å². The van der Waals surface area contributed by atoms with Crippen molar-refractivity contribution >= 4 is 12.2 Å². The molecule has 0 aliphatic carbocycles. The van der Waals surface area contributed by atoms with E-state index in [0.717, 1.165) is 11.1 Å². The Labute approximate surface area is 169 Å². The third kappa shape index (κ3) is 6.73. The molecule has 0 aliphatic rings. The normalized spacial score (nSPS) is 10.8. The molecule has 3 aromatic rings. The molecular weight excluding hydrogens is 370 g/mol. The molecule has 0 amide bonds. The van der Waals surface area contributed by atoms with Crippen LogP contribution < -0.4 is 4.74 Å². The van der Waals surface area contributed by atoms with Crippen LogP contribution in [0, 0.1) is 0 Å². The van der Waals surface area contributed by atoms with Gasteiger partial charge in [0.2, 0.25) is 0 Å². The molecule has 0 fully saturated rings. The Bertz CT molecular complexity index is 850. The molecule has 0 bridgehead atoms. The number of benzene rings is 1. The van der Waals surface area contributed by atoms with Gasteiger partial charge in [-0.3, -0.25) is 9.97 Å². The molecule has 7 nitrogen and oxygen atoms in total. The van der Waals surface area contributed by atoms with E-state index in [1.807, 2.05) is 42.5 Å². The Morgan fingerprint density at radius 1 is 0.966 bits per heavy atom. The van der Waals surface area contributed by atoms with E-state index in [9.17, 15) is 4.79 Å². The fourth-order valence-electron chi connectivity index (χ4n) is 2.46. The molecule has 0 saturated heterocycles. The number of hydrogen-bond donors (Lipinski definition) is 0. The van der Waals surface area contributed by atoms with Crippen LogP contribution in [-0.2, 0) is 14.4 Å². The van der Waals surface area contributed by atoms with Gasteiger partial charge < -0.3 is 14.3 Å². The van der Waals surface area contributed by atoms with E-state index < -0.39 is 12.1 Å². The van der Waals surface area contributed by atoms with Gasteiger partial charge in [-0.2, -0.15) is 0 Å². The molecule has 0 atom stereocenters. The molecule has 148 valence electrons. The molecule has 7 heteroatoms. The molecule has 0 unspecified atom stereocenters. The van der Waals surface area contributed by atoms with E-state index >= 15 is 0 Å². The van der Waals surface area contributed by atoms with Gasteiger partial charge in [-0.15, -0.1) is 0 Å². The molecule has 1 aromatic carbocycles. The van der Waals surface area contributed by atoms with E-state index in [2.05, 4.69) is 15.1 Å². The maximum atomic E-state index is 11.7. The average molecular weight is 391 g/mol. The van der Waals surface area contributed by atoms with E-state index in [4.69, 9.17) is 14.3 Å². The summed E-state index contributed by atoms with van der Waals surface area (Å²) in [5.41, 5.74) is 1.73. The first-order valence-corrected chi connectivity index (χ1v) is 9.14. The van der Waals surface area contributed by atoms with Crippen molar-refractivity contribution in [1.29, 1.82) is 0 Å². The lowest BCUT2D eigenvalue weighted by Gasteiger charge is -2.14. The zero-order valence-corrected chi connectivity index (χ0v) is 15.8. The van der Waals surface area contributed by atoms with Crippen molar-refractivity contribution in [3.8, 4) is 5.75 Å². The van der Waals surface area contributed by atoms with Gasteiger partial charge in [-0.05, 0) is 24.3 Å². The second-order valence-corrected chi connectivity index (χ2v) is 5.96. The third-order valence-electron chi connectivity index (χ3n) is 3.83. The highest BCUT2D eigenvalue weighted by molar-refractivity contribution is 5.71. The number of carbonyl (C=O) groups is 1. The number of ether oxygens (including phenoxy) is 2. The summed E-state index contributed by atoms with van der Waals surface area (Å²) in [5, 5.41) is 4.01. The summed E-state index contributed by atoms with van der Waals surface area (Å²) in [6.45, 7) is 0.0516. The fourth-order valence-corrected chi connectivity index (χ4v) is 2.46. The molecule has 0 spiro atoms. The molecular formula is C22H21N3O4. The van der Waals surface area contributed by atoms with Gasteiger partial charge >= 0.3 is 5.97 Å². The van der Waals surface area contributed by atoms with Crippen molar-refractivity contribution in [2.24, 2.45) is 5.16 Å². The number of pyridine rings is 2. The van der Waals surface area contributed by atoms with Crippen LogP contribution in [0.2, 0.25) is 0 Å². The van der Waals surface area contributed by atoms with Crippen LogP contribution in [0.1, 0.15) is 23.7 Å². The van der Waals surface area contributed by atoms with Gasteiger partial charge in [0.15, 0.2) is 12.7 Å². The summed E-state index contributed by atoms with van der Waals surface area (Å²) in [7, 11) is 0. The van der Waals surface area contributed by atoms with Gasteiger partial charge in [0.25, 0.3) is 0 Å². The van der Waals surface area contributed by atoms with Gasteiger partial charge in [0.05, 0.1) is 6.61 Å². The minimum atomic E-state index is -0.438. The zero-order valence-electron chi connectivity index (χ0n) is 15.8. The molecule has 2 heterocycles. The van der Waals surface area contributed by atoms with Crippen molar-refractivity contribution in [1.82, 2.24) is 9.97 Å². The quantitative estimate of drug-likeness (QED) is 0.227. The zero-order chi connectivity index (χ0) is 20.2. The Hall–Kier alpha value is -3.74. The SMILES string of the molecule is O=C(COc1ccccc1)OCCC=NOC(c1cccnc1)c1cccnc1. The van der Waals surface area contributed by atoms with E-state index in [1.54, 1.807) is 43.1 Å². The maximum Gasteiger partial charge on any atom is 0.344 e. The number of carbonyl (C=O) groups excluding carboxylic acids is 1. The summed E-state index contributed by atoms with van der Waals surface area (Å²) < 4.78 is 10.4. The molecule has 29 heavy (non-hydrogen) atoms. The highest BCUT2D eigenvalue weighted by atomic mass is 16.6. The van der Waals surface area contributed by atoms with Crippen LogP contribution in [0.25, 0.3) is 0 Å². The second kappa shape index (κ2) is 11.2. The number of esters is 1. The number of rotatable bonds is 10. The first-order chi connectivity index (χ1) is 14.3. The van der Waals surface area contributed by atoms with E-state index in [1.165, 1.54) is 0 Å². The van der Waals surface area contributed by atoms with Crippen molar-refractivity contribution in [3.05, 3.63) is 90.5 Å². The minimum absolute atomic E-state index is 0.137. The topological polar surface area (TPSA) is 82.9 Å². The molecule has 2 aromatic heterocycles. The smallest absolute Gasteiger partial charge is 0.344 e. The molecule has 3 rings (SSSR count). The predicted octanol–water partition coefficient (Wildman–Crippen LogP) is 3.58. The van der Waals surface area contributed by atoms with Crippen LogP contribution in [0.5, 0.6) is 5.75 Å². The summed E-state index contributed by atoms with van der Waals surface area (Å²) in [5.74, 6) is 0.183. The Balaban J connectivity index is 1.42. The average Bonchev–Trinajstić information content (AvgIpc) is 2.79. The van der Waals surface area contributed by atoms with Gasteiger partial charge in [-0.25, -0.2) is 4.79 Å². The Morgan fingerprint density at radius 2 is 1.66 bits per heavy atom. The third-order valence-corrected chi connectivity index (χ3v) is 3.83. The van der Waals surface area contributed by atoms with Crippen LogP contribution in [0.15, 0.2) is 84.5 Å². The standard InChI is InChI=1S/C22H21N3O4/c26-21(17-28-20-9-2-1-3-10-20)27-14-6-13-25-29-22(18-7-4-11-23-15-18)19-8-5-12-24-16-19/h1-5,7-13,15-16,22H,6,14,17H2. The Morgan fingerprint density at radius 3 is 2.28 bits per heavy atom. The van der Waals surface area contributed by atoms with Gasteiger partial charge in [0, 0.05) is 48.5 Å². The Kier molecular flexibility index (Phi) is 7.71. The number of aromatic nitrogens is 2. The fraction of sp³-hybridized carbons (Fsp3) is 0.182. The van der Waals surface area contributed by atoms with Gasteiger partial charge in [-0.1, -0.05) is 35.5 Å². The summed E-state index contributed by atoms with van der Waals surface area (Å²) in [6.07, 6.45) is 8.40. The van der Waals surface area contributed by atoms with Crippen LogP contribution in [-0.4, -0.2) is 35.4 Å². The molecule has 0 aliphatic heterocycles. The lowest BCUT2D eigenvalue weighted by molar-refractivity contribution is -0.145. The van der Waals surface area contributed by atoms with E-state index in [-0.39, 0.29) is 13.2 Å².